The number of halogens is 1. The second-order valence-corrected chi connectivity index (χ2v) is 11.3. The fourth-order valence-electron chi connectivity index (χ4n) is 4.57. The number of esters is 1. The Labute approximate surface area is 249 Å². The van der Waals surface area contributed by atoms with Crippen molar-refractivity contribution in [3.63, 3.8) is 0 Å². The van der Waals surface area contributed by atoms with Crippen molar-refractivity contribution >= 4 is 21.9 Å². The minimum Gasteiger partial charge on any atom is -0.492 e. The third kappa shape index (κ3) is 11.4. The van der Waals surface area contributed by atoms with Crippen LogP contribution in [-0.2, 0) is 6.42 Å². The molecule has 0 atom stereocenters. The van der Waals surface area contributed by atoms with Crippen LogP contribution in [-0.4, -0.2) is 22.5 Å². The van der Waals surface area contributed by atoms with E-state index in [0.29, 0.717) is 23.7 Å². The highest BCUT2D eigenvalue weighted by Gasteiger charge is 2.12. The van der Waals surface area contributed by atoms with E-state index in [0.717, 1.165) is 28.6 Å². The maximum absolute atomic E-state index is 12.7. The van der Waals surface area contributed by atoms with E-state index < -0.39 is 5.97 Å². The fraction of sp³-hybridized carbons (Fsp3) is 0.500. The lowest BCUT2D eigenvalue weighted by Crippen LogP contribution is -2.09. The molecule has 2 aromatic carbocycles. The summed E-state index contributed by atoms with van der Waals surface area (Å²) in [6, 6.07) is 12.6. The van der Waals surface area contributed by atoms with E-state index in [9.17, 15) is 4.79 Å². The van der Waals surface area contributed by atoms with Gasteiger partial charge in [-0.15, -0.1) is 0 Å². The largest absolute Gasteiger partial charge is 0.492 e. The van der Waals surface area contributed by atoms with E-state index in [4.69, 9.17) is 9.47 Å². The number of rotatable bonds is 19. The minimum absolute atomic E-state index is 0.415. The van der Waals surface area contributed by atoms with Crippen molar-refractivity contribution in [2.24, 2.45) is 0 Å². The van der Waals surface area contributed by atoms with E-state index in [-0.39, 0.29) is 0 Å². The molecular weight excluding hydrogens is 564 g/mol. The number of benzene rings is 2. The highest BCUT2D eigenvalue weighted by atomic mass is 79.9. The van der Waals surface area contributed by atoms with Gasteiger partial charge in [0.05, 0.1) is 16.6 Å². The molecule has 3 rings (SSSR count). The molecular formula is C34H45BrN2O3. The van der Waals surface area contributed by atoms with Gasteiger partial charge in [-0.05, 0) is 83.2 Å². The molecule has 0 fully saturated rings. The number of aryl methyl sites for hydroxylation is 1. The maximum atomic E-state index is 12.7. The van der Waals surface area contributed by atoms with E-state index in [2.05, 4.69) is 39.7 Å². The van der Waals surface area contributed by atoms with E-state index in [1.54, 1.807) is 24.3 Å². The summed E-state index contributed by atoms with van der Waals surface area (Å²) < 4.78 is 12.2. The van der Waals surface area contributed by atoms with Crippen molar-refractivity contribution in [1.82, 2.24) is 9.97 Å². The third-order valence-corrected chi connectivity index (χ3v) is 7.64. The van der Waals surface area contributed by atoms with Gasteiger partial charge in [0.2, 0.25) is 0 Å². The Hall–Kier alpha value is -2.73. The summed E-state index contributed by atoms with van der Waals surface area (Å²) in [4.78, 5) is 21.8. The highest BCUT2D eigenvalue weighted by Crippen LogP contribution is 2.27. The van der Waals surface area contributed by atoms with Gasteiger partial charge >= 0.3 is 5.97 Å². The van der Waals surface area contributed by atoms with Gasteiger partial charge in [0, 0.05) is 18.0 Å². The predicted molar refractivity (Wildman–Crippen MR) is 167 cm³/mol. The Morgan fingerprint density at radius 3 is 1.98 bits per heavy atom. The first kappa shape index (κ1) is 31.8. The van der Waals surface area contributed by atoms with Crippen molar-refractivity contribution in [3.8, 4) is 22.9 Å². The molecule has 0 unspecified atom stereocenters. The summed E-state index contributed by atoms with van der Waals surface area (Å²) in [5.41, 5.74) is 2.52. The molecule has 0 bridgehead atoms. The lowest BCUT2D eigenvalue weighted by molar-refractivity contribution is 0.0734. The zero-order valence-corrected chi connectivity index (χ0v) is 25.9. The Morgan fingerprint density at radius 1 is 0.750 bits per heavy atom. The van der Waals surface area contributed by atoms with Crippen LogP contribution >= 0.6 is 15.9 Å². The zero-order chi connectivity index (χ0) is 28.4. The number of aromatic nitrogens is 2. The normalized spacial score (nSPS) is 11.0. The van der Waals surface area contributed by atoms with Crippen LogP contribution in [0.5, 0.6) is 11.5 Å². The van der Waals surface area contributed by atoms with Crippen LogP contribution in [0.4, 0.5) is 0 Å². The van der Waals surface area contributed by atoms with Crippen LogP contribution in [0.25, 0.3) is 11.4 Å². The van der Waals surface area contributed by atoms with Gasteiger partial charge in [0.15, 0.2) is 5.82 Å². The smallest absolute Gasteiger partial charge is 0.343 e. The van der Waals surface area contributed by atoms with Gasteiger partial charge in [-0.2, -0.15) is 0 Å². The molecule has 1 aromatic heterocycles. The maximum Gasteiger partial charge on any atom is 0.343 e. The number of carbonyl (C=O) groups is 1. The van der Waals surface area contributed by atoms with Gasteiger partial charge in [0.25, 0.3) is 0 Å². The van der Waals surface area contributed by atoms with Crippen molar-refractivity contribution in [3.05, 3.63) is 70.5 Å². The molecule has 0 N–H and O–H groups in total. The first-order valence-corrected chi connectivity index (χ1v) is 16.0. The molecule has 0 aliphatic carbocycles. The zero-order valence-electron chi connectivity index (χ0n) is 24.3. The first-order valence-electron chi connectivity index (χ1n) is 15.2. The molecule has 40 heavy (non-hydrogen) atoms. The summed E-state index contributed by atoms with van der Waals surface area (Å²) in [7, 11) is 0. The molecule has 0 amide bonds. The summed E-state index contributed by atoms with van der Waals surface area (Å²) in [5.74, 6) is 1.47. The minimum atomic E-state index is -0.415. The molecule has 0 aliphatic rings. The van der Waals surface area contributed by atoms with Crippen LogP contribution in [0.2, 0.25) is 0 Å². The average Bonchev–Trinajstić information content (AvgIpc) is 2.97. The molecule has 5 nitrogen and oxygen atoms in total. The van der Waals surface area contributed by atoms with Crippen LogP contribution in [0.1, 0.15) is 113 Å². The Bertz CT molecular complexity index is 1130. The van der Waals surface area contributed by atoms with Crippen molar-refractivity contribution in [2.45, 2.75) is 104 Å². The van der Waals surface area contributed by atoms with E-state index in [1.807, 2.05) is 30.6 Å². The lowest BCUT2D eigenvalue weighted by Gasteiger charge is -2.10. The molecule has 0 saturated heterocycles. The van der Waals surface area contributed by atoms with Gasteiger partial charge in [0.1, 0.15) is 11.5 Å². The van der Waals surface area contributed by atoms with Crippen molar-refractivity contribution in [2.75, 3.05) is 6.61 Å². The highest BCUT2D eigenvalue weighted by molar-refractivity contribution is 9.10. The van der Waals surface area contributed by atoms with Crippen LogP contribution < -0.4 is 9.47 Å². The SMILES string of the molecule is CCCCCCCCCc1cnc(-c2ccc(OC(=O)c3ccc(OCCCCCCCC)c(Br)c3)cc2)nc1. The quantitative estimate of drug-likeness (QED) is 0.0769. The van der Waals surface area contributed by atoms with Crippen molar-refractivity contribution in [1.29, 1.82) is 0 Å². The summed E-state index contributed by atoms with van der Waals surface area (Å²) >= 11 is 3.53. The number of nitrogens with zero attached hydrogens (tertiary/aromatic N) is 2. The summed E-state index contributed by atoms with van der Waals surface area (Å²) in [6.07, 6.45) is 21.3. The number of carbonyl (C=O) groups excluding carboxylic acids is 1. The third-order valence-electron chi connectivity index (χ3n) is 7.02. The number of ether oxygens (including phenoxy) is 2. The number of unbranched alkanes of at least 4 members (excludes halogenated alkanes) is 11. The van der Waals surface area contributed by atoms with Crippen LogP contribution in [0.15, 0.2) is 59.3 Å². The average molecular weight is 610 g/mol. The van der Waals surface area contributed by atoms with Gasteiger partial charge in [-0.3, -0.25) is 0 Å². The molecule has 0 saturated carbocycles. The summed E-state index contributed by atoms with van der Waals surface area (Å²) in [5, 5.41) is 0. The van der Waals surface area contributed by atoms with E-state index >= 15 is 0 Å². The molecule has 216 valence electrons. The number of hydrogen-bond donors (Lipinski definition) is 0. The molecule has 6 heteroatoms. The van der Waals surface area contributed by atoms with Crippen molar-refractivity contribution < 1.29 is 14.3 Å². The standard InChI is InChI=1S/C34H45BrN2O3/c1-3-5-7-9-11-12-14-16-27-25-36-33(37-26-27)28-17-20-30(21-18-28)40-34(38)29-19-22-32(31(35)24-29)39-23-15-13-10-8-6-4-2/h17-22,24-26H,3-16,23H2,1-2H3. The molecule has 1 heterocycles. The topological polar surface area (TPSA) is 61.3 Å². The van der Waals surface area contributed by atoms with Gasteiger partial charge < -0.3 is 9.47 Å². The fourth-order valence-corrected chi connectivity index (χ4v) is 5.06. The monoisotopic (exact) mass is 608 g/mol. The van der Waals surface area contributed by atoms with Gasteiger partial charge in [-0.1, -0.05) is 84.5 Å². The van der Waals surface area contributed by atoms with Crippen LogP contribution in [0, 0.1) is 0 Å². The van der Waals surface area contributed by atoms with Gasteiger partial charge in [-0.25, -0.2) is 14.8 Å². The Balaban J connectivity index is 1.43. The van der Waals surface area contributed by atoms with E-state index in [1.165, 1.54) is 82.6 Å². The second-order valence-electron chi connectivity index (χ2n) is 10.5. The molecule has 0 spiro atoms. The molecule has 0 aliphatic heterocycles. The van der Waals surface area contributed by atoms with Crippen LogP contribution in [0.3, 0.4) is 0 Å². The lowest BCUT2D eigenvalue weighted by atomic mass is 10.1. The Morgan fingerprint density at radius 2 is 1.35 bits per heavy atom. The number of hydrogen-bond acceptors (Lipinski definition) is 5. The molecule has 3 aromatic rings. The molecule has 0 radical (unpaired) electrons. The Kier molecular flexibility index (Phi) is 14.8. The second kappa shape index (κ2) is 18.6. The first-order chi connectivity index (χ1) is 19.6. The predicted octanol–water partition coefficient (Wildman–Crippen LogP) is 10.2. The summed E-state index contributed by atoms with van der Waals surface area (Å²) in [6.45, 7) is 5.15.